The van der Waals surface area contributed by atoms with Crippen molar-refractivity contribution in [3.05, 3.63) is 30.2 Å². The van der Waals surface area contributed by atoms with Crippen LogP contribution in [0.2, 0.25) is 0 Å². The molecule has 0 saturated heterocycles. The summed E-state index contributed by atoms with van der Waals surface area (Å²) in [7, 11) is 1.65. The second-order valence-corrected chi connectivity index (χ2v) is 3.84. The number of unbranched alkanes of at least 4 members (excludes halogenated alkanes) is 1. The van der Waals surface area contributed by atoms with Crippen LogP contribution < -0.4 is 4.74 Å². The number of methoxy groups -OCH3 is 1. The molecule has 4 nitrogen and oxygen atoms in total. The van der Waals surface area contributed by atoms with E-state index in [0.717, 1.165) is 30.6 Å². The van der Waals surface area contributed by atoms with Gasteiger partial charge in [-0.3, -0.25) is 0 Å². The third-order valence-electron chi connectivity index (χ3n) is 2.56. The maximum Gasteiger partial charge on any atom is 0.226 e. The highest BCUT2D eigenvalue weighted by molar-refractivity contribution is 5.55. The molecule has 2 rings (SSSR count). The lowest BCUT2D eigenvalue weighted by atomic mass is 10.2. The first-order chi connectivity index (χ1) is 8.33. The molecule has 0 aliphatic carbocycles. The van der Waals surface area contributed by atoms with Gasteiger partial charge in [-0.1, -0.05) is 18.5 Å². The summed E-state index contributed by atoms with van der Waals surface area (Å²) in [5.41, 5.74) is 0.942. The summed E-state index contributed by atoms with van der Waals surface area (Å²) in [5.74, 6) is 2.17. The summed E-state index contributed by atoms with van der Waals surface area (Å²) in [6, 6.07) is 7.62. The largest absolute Gasteiger partial charge is 0.497 e. The Morgan fingerprint density at radius 3 is 2.65 bits per heavy atom. The van der Waals surface area contributed by atoms with E-state index in [1.807, 2.05) is 24.3 Å². The number of aromatic nitrogens is 2. The normalized spacial score (nSPS) is 10.5. The second kappa shape index (κ2) is 5.48. The second-order valence-electron chi connectivity index (χ2n) is 3.84. The van der Waals surface area contributed by atoms with Crippen molar-refractivity contribution in [3.63, 3.8) is 0 Å². The minimum Gasteiger partial charge on any atom is -0.497 e. The SMILES string of the molecule is CCCCc1nc(-c2ccc(OC)cc2)no1. The van der Waals surface area contributed by atoms with Crippen LogP contribution in [-0.2, 0) is 6.42 Å². The van der Waals surface area contributed by atoms with E-state index in [4.69, 9.17) is 9.26 Å². The van der Waals surface area contributed by atoms with Gasteiger partial charge in [0.1, 0.15) is 5.75 Å². The molecule has 0 fully saturated rings. The van der Waals surface area contributed by atoms with Crippen LogP contribution >= 0.6 is 0 Å². The Morgan fingerprint density at radius 1 is 1.24 bits per heavy atom. The third-order valence-corrected chi connectivity index (χ3v) is 2.56. The predicted octanol–water partition coefficient (Wildman–Crippen LogP) is 3.09. The molecule has 0 radical (unpaired) electrons. The Balaban J connectivity index is 2.12. The van der Waals surface area contributed by atoms with Gasteiger partial charge in [0.2, 0.25) is 11.7 Å². The third kappa shape index (κ3) is 2.84. The van der Waals surface area contributed by atoms with Crippen LogP contribution in [0, 0.1) is 0 Å². The van der Waals surface area contributed by atoms with Gasteiger partial charge >= 0.3 is 0 Å². The molecule has 0 saturated carbocycles. The zero-order valence-electron chi connectivity index (χ0n) is 10.1. The molecule has 0 aliphatic heterocycles. The van der Waals surface area contributed by atoms with E-state index in [-0.39, 0.29) is 0 Å². The molecule has 0 amide bonds. The van der Waals surface area contributed by atoms with Gasteiger partial charge in [-0.15, -0.1) is 0 Å². The maximum atomic E-state index is 5.19. The van der Waals surface area contributed by atoms with Crippen molar-refractivity contribution in [2.24, 2.45) is 0 Å². The molecular formula is C13H16N2O2. The molecule has 0 N–H and O–H groups in total. The monoisotopic (exact) mass is 232 g/mol. The van der Waals surface area contributed by atoms with Crippen LogP contribution in [0.4, 0.5) is 0 Å². The van der Waals surface area contributed by atoms with E-state index in [9.17, 15) is 0 Å². The highest BCUT2D eigenvalue weighted by Gasteiger charge is 2.07. The molecule has 0 atom stereocenters. The summed E-state index contributed by atoms with van der Waals surface area (Å²) in [6.45, 7) is 2.14. The number of hydrogen-bond acceptors (Lipinski definition) is 4. The lowest BCUT2D eigenvalue weighted by molar-refractivity contribution is 0.375. The molecule has 17 heavy (non-hydrogen) atoms. The summed E-state index contributed by atoms with van der Waals surface area (Å²) in [6.07, 6.45) is 3.05. The number of rotatable bonds is 5. The molecule has 0 bridgehead atoms. The minimum atomic E-state index is 0.638. The molecular weight excluding hydrogens is 216 g/mol. The van der Waals surface area contributed by atoms with Crippen LogP contribution in [-0.4, -0.2) is 17.3 Å². The lowest BCUT2D eigenvalue weighted by Crippen LogP contribution is -1.86. The Morgan fingerprint density at radius 2 is 2.00 bits per heavy atom. The van der Waals surface area contributed by atoms with E-state index >= 15 is 0 Å². The highest BCUT2D eigenvalue weighted by atomic mass is 16.5. The van der Waals surface area contributed by atoms with Gasteiger partial charge in [-0.05, 0) is 30.7 Å². The minimum absolute atomic E-state index is 0.638. The molecule has 1 aromatic heterocycles. The van der Waals surface area contributed by atoms with Gasteiger partial charge in [-0.25, -0.2) is 0 Å². The van der Waals surface area contributed by atoms with Crippen molar-refractivity contribution in [2.75, 3.05) is 7.11 Å². The van der Waals surface area contributed by atoms with Crippen molar-refractivity contribution < 1.29 is 9.26 Å². The number of nitrogens with zero attached hydrogens (tertiary/aromatic N) is 2. The van der Waals surface area contributed by atoms with Crippen molar-refractivity contribution in [2.45, 2.75) is 26.2 Å². The Hall–Kier alpha value is -1.84. The van der Waals surface area contributed by atoms with Crippen molar-refractivity contribution in [3.8, 4) is 17.1 Å². The molecule has 1 aromatic carbocycles. The van der Waals surface area contributed by atoms with E-state index in [0.29, 0.717) is 11.7 Å². The zero-order valence-corrected chi connectivity index (χ0v) is 10.1. The number of hydrogen-bond donors (Lipinski definition) is 0. The average molecular weight is 232 g/mol. The predicted molar refractivity (Wildman–Crippen MR) is 64.9 cm³/mol. The van der Waals surface area contributed by atoms with Gasteiger partial charge in [0.25, 0.3) is 0 Å². The highest BCUT2D eigenvalue weighted by Crippen LogP contribution is 2.19. The first-order valence-electron chi connectivity index (χ1n) is 5.80. The van der Waals surface area contributed by atoms with E-state index < -0.39 is 0 Å². The van der Waals surface area contributed by atoms with E-state index in [1.165, 1.54) is 0 Å². The first kappa shape index (κ1) is 11.6. The molecule has 0 spiro atoms. The van der Waals surface area contributed by atoms with Crippen LogP contribution in [0.15, 0.2) is 28.8 Å². The standard InChI is InChI=1S/C13H16N2O2/c1-3-4-5-12-14-13(15-17-12)10-6-8-11(16-2)9-7-10/h6-9H,3-5H2,1-2H3. The van der Waals surface area contributed by atoms with Crippen LogP contribution in [0.1, 0.15) is 25.7 Å². The molecule has 0 aliphatic rings. The van der Waals surface area contributed by atoms with Gasteiger partial charge in [0.05, 0.1) is 7.11 Å². The van der Waals surface area contributed by atoms with Gasteiger partial charge in [0.15, 0.2) is 0 Å². The number of aryl methyl sites for hydroxylation is 1. The van der Waals surface area contributed by atoms with Gasteiger partial charge < -0.3 is 9.26 Å². The molecule has 90 valence electrons. The average Bonchev–Trinajstić information content (AvgIpc) is 2.85. The Labute approximate surface area is 101 Å². The fraction of sp³-hybridized carbons (Fsp3) is 0.385. The smallest absolute Gasteiger partial charge is 0.226 e. The first-order valence-corrected chi connectivity index (χ1v) is 5.80. The van der Waals surface area contributed by atoms with E-state index in [2.05, 4.69) is 17.1 Å². The van der Waals surface area contributed by atoms with Gasteiger partial charge in [-0.2, -0.15) is 4.98 Å². The molecule has 2 aromatic rings. The summed E-state index contributed by atoms with van der Waals surface area (Å²) in [4.78, 5) is 4.35. The molecule has 0 unspecified atom stereocenters. The fourth-order valence-corrected chi connectivity index (χ4v) is 1.54. The number of ether oxygens (including phenoxy) is 1. The molecule has 1 heterocycles. The van der Waals surface area contributed by atoms with E-state index in [1.54, 1.807) is 7.11 Å². The van der Waals surface area contributed by atoms with Crippen LogP contribution in [0.25, 0.3) is 11.4 Å². The lowest BCUT2D eigenvalue weighted by Gasteiger charge is -1.98. The Kier molecular flexibility index (Phi) is 3.75. The summed E-state index contributed by atoms with van der Waals surface area (Å²) < 4.78 is 10.3. The van der Waals surface area contributed by atoms with Crippen molar-refractivity contribution >= 4 is 0 Å². The Bertz CT molecular complexity index is 463. The quantitative estimate of drug-likeness (QED) is 0.794. The van der Waals surface area contributed by atoms with Gasteiger partial charge in [0, 0.05) is 12.0 Å². The molecule has 4 heteroatoms. The number of benzene rings is 1. The van der Waals surface area contributed by atoms with Crippen molar-refractivity contribution in [1.82, 2.24) is 10.1 Å². The zero-order chi connectivity index (χ0) is 12.1. The van der Waals surface area contributed by atoms with Crippen LogP contribution in [0.5, 0.6) is 5.75 Å². The summed E-state index contributed by atoms with van der Waals surface area (Å²) >= 11 is 0. The summed E-state index contributed by atoms with van der Waals surface area (Å²) in [5, 5.41) is 3.97. The maximum absolute atomic E-state index is 5.19. The fourth-order valence-electron chi connectivity index (χ4n) is 1.54. The van der Waals surface area contributed by atoms with Crippen LogP contribution in [0.3, 0.4) is 0 Å². The topological polar surface area (TPSA) is 48.2 Å². The van der Waals surface area contributed by atoms with Crippen molar-refractivity contribution in [1.29, 1.82) is 0 Å².